The molecule has 0 saturated carbocycles. The normalized spacial score (nSPS) is 11.4. The van der Waals surface area contributed by atoms with Gasteiger partial charge in [0.2, 0.25) is 15.9 Å². The fourth-order valence-electron chi connectivity index (χ4n) is 3.08. The van der Waals surface area contributed by atoms with Crippen molar-refractivity contribution < 1.29 is 18.1 Å². The zero-order valence-corrected chi connectivity index (χ0v) is 20.5. The van der Waals surface area contributed by atoms with Crippen LogP contribution in [0.3, 0.4) is 0 Å². The Morgan fingerprint density at radius 3 is 2.33 bits per heavy atom. The average Bonchev–Trinajstić information content (AvgIpc) is 2.76. The molecule has 11 heteroatoms. The van der Waals surface area contributed by atoms with Gasteiger partial charge in [0.1, 0.15) is 0 Å². The molecule has 0 bridgehead atoms. The Balaban J connectivity index is 1.90. The van der Waals surface area contributed by atoms with Gasteiger partial charge in [0, 0.05) is 22.1 Å². The molecule has 3 aromatic rings. The molecule has 1 amide bonds. The fraction of sp³-hybridized carbons (Fsp3) is 0.136. The quantitative estimate of drug-likeness (QED) is 0.307. The van der Waals surface area contributed by atoms with E-state index in [9.17, 15) is 23.3 Å². The molecule has 0 aliphatic carbocycles. The third-order valence-electron chi connectivity index (χ3n) is 4.82. The van der Waals surface area contributed by atoms with E-state index in [0.29, 0.717) is 10.6 Å². The van der Waals surface area contributed by atoms with Crippen LogP contribution in [-0.2, 0) is 21.4 Å². The van der Waals surface area contributed by atoms with Crippen molar-refractivity contribution in [3.05, 3.63) is 97.5 Å². The molecule has 0 radical (unpaired) electrons. The van der Waals surface area contributed by atoms with Crippen molar-refractivity contribution in [3.63, 3.8) is 0 Å². The third kappa shape index (κ3) is 6.17. The number of sulfonamides is 1. The van der Waals surface area contributed by atoms with Crippen molar-refractivity contribution in [2.24, 2.45) is 0 Å². The van der Waals surface area contributed by atoms with E-state index in [0.717, 1.165) is 8.78 Å². The summed E-state index contributed by atoms with van der Waals surface area (Å²) in [6.45, 7) is 0.959. The maximum atomic E-state index is 13.3. The highest BCUT2D eigenvalue weighted by Gasteiger charge is 2.27. The van der Waals surface area contributed by atoms with Gasteiger partial charge in [-0.2, -0.15) is 4.31 Å². The highest BCUT2D eigenvalue weighted by Crippen LogP contribution is 2.26. The molecule has 0 unspecified atom stereocenters. The van der Waals surface area contributed by atoms with Gasteiger partial charge in [-0.25, -0.2) is 8.42 Å². The second kappa shape index (κ2) is 10.4. The third-order valence-corrected chi connectivity index (χ3v) is 7.41. The molecule has 0 aliphatic rings. The van der Waals surface area contributed by atoms with Gasteiger partial charge >= 0.3 is 0 Å². The van der Waals surface area contributed by atoms with Crippen LogP contribution >= 0.6 is 27.5 Å². The number of nitro groups is 1. The lowest BCUT2D eigenvalue weighted by molar-refractivity contribution is -0.385. The molecule has 1 N–H and O–H groups in total. The number of anilines is 1. The largest absolute Gasteiger partial charge is 0.324 e. The van der Waals surface area contributed by atoms with Gasteiger partial charge in [-0.15, -0.1) is 0 Å². The second-order valence-electron chi connectivity index (χ2n) is 7.11. The minimum atomic E-state index is -4.05. The molecule has 8 nitrogen and oxygen atoms in total. The van der Waals surface area contributed by atoms with Crippen LogP contribution < -0.4 is 5.32 Å². The van der Waals surface area contributed by atoms with E-state index >= 15 is 0 Å². The Bertz CT molecular complexity index is 1280. The van der Waals surface area contributed by atoms with Gasteiger partial charge in [0.15, 0.2) is 0 Å². The predicted molar refractivity (Wildman–Crippen MR) is 130 cm³/mol. The van der Waals surface area contributed by atoms with E-state index in [1.54, 1.807) is 24.3 Å². The number of carbonyl (C=O) groups excluding carboxylic acids is 1. The number of rotatable bonds is 8. The van der Waals surface area contributed by atoms with Crippen LogP contribution in [0.15, 0.2) is 76.1 Å². The van der Waals surface area contributed by atoms with Crippen molar-refractivity contribution in [2.75, 3.05) is 11.9 Å². The summed E-state index contributed by atoms with van der Waals surface area (Å²) in [5.74, 6) is -0.631. The summed E-state index contributed by atoms with van der Waals surface area (Å²) >= 11 is 9.22. The minimum absolute atomic E-state index is 0.0108. The number of halogens is 2. The van der Waals surface area contributed by atoms with Crippen LogP contribution in [0.2, 0.25) is 5.02 Å². The molecule has 0 fully saturated rings. The fourth-order valence-corrected chi connectivity index (χ4v) is 4.86. The Morgan fingerprint density at radius 2 is 1.73 bits per heavy atom. The number of hydrogen-bond donors (Lipinski definition) is 1. The summed E-state index contributed by atoms with van der Waals surface area (Å²) in [4.78, 5) is 23.4. The molecule has 172 valence electrons. The highest BCUT2D eigenvalue weighted by atomic mass is 79.9. The van der Waals surface area contributed by atoms with Crippen LogP contribution in [0.4, 0.5) is 11.4 Å². The van der Waals surface area contributed by atoms with Crippen molar-refractivity contribution >= 4 is 54.8 Å². The first-order chi connectivity index (χ1) is 15.6. The van der Waals surface area contributed by atoms with Crippen LogP contribution in [-0.4, -0.2) is 30.1 Å². The molecule has 3 rings (SSSR count). The van der Waals surface area contributed by atoms with Gasteiger partial charge in [-0.05, 0) is 55.0 Å². The van der Waals surface area contributed by atoms with Gasteiger partial charge in [-0.3, -0.25) is 14.9 Å². The average molecular weight is 553 g/mol. The first kappa shape index (κ1) is 24.8. The smallest absolute Gasteiger partial charge is 0.274 e. The number of nitrogens with one attached hydrogen (secondary N) is 1. The summed E-state index contributed by atoms with van der Waals surface area (Å²) in [5.41, 5.74) is 1.04. The van der Waals surface area contributed by atoms with E-state index in [2.05, 4.69) is 21.2 Å². The molecule has 0 heterocycles. The van der Waals surface area contributed by atoms with Crippen LogP contribution in [0.5, 0.6) is 0 Å². The van der Waals surface area contributed by atoms with Crippen LogP contribution in [0, 0.1) is 17.0 Å². The summed E-state index contributed by atoms with van der Waals surface area (Å²) in [6.07, 6.45) is 0. The number of benzene rings is 3. The van der Waals surface area contributed by atoms with E-state index < -0.39 is 27.4 Å². The number of carbonyl (C=O) groups is 1. The van der Waals surface area contributed by atoms with E-state index in [1.807, 2.05) is 0 Å². The van der Waals surface area contributed by atoms with Crippen molar-refractivity contribution in [1.29, 1.82) is 0 Å². The van der Waals surface area contributed by atoms with Gasteiger partial charge in [-0.1, -0.05) is 45.7 Å². The molecule has 0 atom stereocenters. The Labute approximate surface area is 204 Å². The Kier molecular flexibility index (Phi) is 7.85. The van der Waals surface area contributed by atoms with Crippen molar-refractivity contribution in [2.45, 2.75) is 18.4 Å². The molecular formula is C22H19BrClN3O5S. The van der Waals surface area contributed by atoms with Crippen LogP contribution in [0.25, 0.3) is 0 Å². The molecule has 33 heavy (non-hydrogen) atoms. The van der Waals surface area contributed by atoms with E-state index in [4.69, 9.17) is 11.6 Å². The molecule has 0 spiro atoms. The van der Waals surface area contributed by atoms with Gasteiger partial charge in [0.05, 0.1) is 27.6 Å². The monoisotopic (exact) mass is 551 g/mol. The Morgan fingerprint density at radius 1 is 1.09 bits per heavy atom. The first-order valence-corrected chi connectivity index (χ1v) is 12.2. The molecular weight excluding hydrogens is 534 g/mol. The van der Waals surface area contributed by atoms with Crippen LogP contribution in [0.1, 0.15) is 11.1 Å². The zero-order valence-electron chi connectivity index (χ0n) is 17.4. The van der Waals surface area contributed by atoms with Gasteiger partial charge < -0.3 is 5.32 Å². The minimum Gasteiger partial charge on any atom is -0.324 e. The Hall–Kier alpha value is -2.79. The summed E-state index contributed by atoms with van der Waals surface area (Å²) in [7, 11) is -4.05. The number of nitro benzene ring substituents is 1. The molecule has 0 aliphatic heterocycles. The van der Waals surface area contributed by atoms with Gasteiger partial charge in [0.25, 0.3) is 5.69 Å². The maximum Gasteiger partial charge on any atom is 0.274 e. The lowest BCUT2D eigenvalue weighted by Crippen LogP contribution is -2.37. The number of amides is 1. The molecule has 0 saturated heterocycles. The standard InChI is InChI=1S/C22H19BrClN3O5S/c1-15-20(3-2-4-21(15)27(29)30)25-22(28)14-26(13-16-5-7-17(23)8-6-16)33(31,32)19-11-9-18(24)10-12-19/h2-12H,13-14H2,1H3,(H,25,28). The SMILES string of the molecule is Cc1c(NC(=O)CN(Cc2ccc(Br)cc2)S(=O)(=O)c2ccc(Cl)cc2)cccc1[N+](=O)[O-]. The van der Waals surface area contributed by atoms with Crippen molar-refractivity contribution in [1.82, 2.24) is 4.31 Å². The second-order valence-corrected chi connectivity index (χ2v) is 10.4. The van der Waals surface area contributed by atoms with Crippen molar-refractivity contribution in [3.8, 4) is 0 Å². The topological polar surface area (TPSA) is 110 Å². The highest BCUT2D eigenvalue weighted by molar-refractivity contribution is 9.10. The lowest BCUT2D eigenvalue weighted by Gasteiger charge is -2.22. The zero-order chi connectivity index (χ0) is 24.2. The summed E-state index contributed by atoms with van der Waals surface area (Å²) in [6, 6.07) is 17.0. The van der Waals surface area contributed by atoms with E-state index in [-0.39, 0.29) is 28.4 Å². The first-order valence-electron chi connectivity index (χ1n) is 9.62. The lowest BCUT2D eigenvalue weighted by atomic mass is 10.1. The number of hydrogen-bond acceptors (Lipinski definition) is 5. The molecule has 3 aromatic carbocycles. The molecule has 0 aromatic heterocycles. The summed E-state index contributed by atoms with van der Waals surface area (Å²) in [5, 5.41) is 14.1. The summed E-state index contributed by atoms with van der Waals surface area (Å²) < 4.78 is 28.5. The van der Waals surface area contributed by atoms with E-state index in [1.165, 1.54) is 49.4 Å². The maximum absolute atomic E-state index is 13.3. The predicted octanol–water partition coefficient (Wildman–Crippen LogP) is 5.15. The number of nitrogens with zero attached hydrogens (tertiary/aromatic N) is 2.